The number of halogens is 4. The molecule has 0 unspecified atom stereocenters. The van der Waals surface area contributed by atoms with Crippen molar-refractivity contribution < 1.29 is 56.0 Å². The quantitative estimate of drug-likeness (QED) is 0.0228. The molecule has 1 saturated heterocycles. The Kier molecular flexibility index (Phi) is 18.0. The third-order valence-electron chi connectivity index (χ3n) is 17.8. The minimum Gasteiger partial charge on any atom is -0.495 e. The molecule has 7 heterocycles. The van der Waals surface area contributed by atoms with Crippen molar-refractivity contribution in [1.82, 2.24) is 24.7 Å². The minimum absolute atomic E-state index is 0.0468. The highest BCUT2D eigenvalue weighted by molar-refractivity contribution is 6.03. The summed E-state index contributed by atoms with van der Waals surface area (Å²) in [5.74, 6) is 6.02. The second kappa shape index (κ2) is 26.3. The lowest BCUT2D eigenvalue weighted by atomic mass is 9.82. The first kappa shape index (κ1) is 60.2. The number of nitrogens with one attached hydrogen (secondary N) is 4. The summed E-state index contributed by atoms with van der Waals surface area (Å²) in [7, 11) is 3.31. The largest absolute Gasteiger partial charge is 0.495 e. The topological polar surface area (TPSA) is 171 Å². The molecule has 0 aliphatic carbocycles. The Hall–Kier alpha value is -8.12. The fraction of sp³-hybridized carbons (Fsp3) is 0.441. The zero-order valence-corrected chi connectivity index (χ0v) is 49.9. The maximum absolute atomic E-state index is 14.9. The minimum atomic E-state index is -4.51. The Morgan fingerprint density at radius 1 is 0.773 bits per heavy atom. The van der Waals surface area contributed by atoms with Gasteiger partial charge < -0.3 is 59.7 Å². The van der Waals surface area contributed by atoms with Crippen molar-refractivity contribution in [3.8, 4) is 29.1 Å². The van der Waals surface area contributed by atoms with Gasteiger partial charge in [0.1, 0.15) is 43.1 Å². The molecule has 5 N–H and O–H groups in total. The van der Waals surface area contributed by atoms with E-state index >= 15 is 0 Å². The Balaban J connectivity index is 0.640. The molecule has 16 nitrogen and oxygen atoms in total. The van der Waals surface area contributed by atoms with Gasteiger partial charge in [-0.1, -0.05) is 12.0 Å². The van der Waals surface area contributed by atoms with Gasteiger partial charge in [0, 0.05) is 107 Å². The van der Waals surface area contributed by atoms with Crippen LogP contribution in [0.5, 0.6) is 17.2 Å². The van der Waals surface area contributed by atoms with Crippen molar-refractivity contribution in [3.05, 3.63) is 139 Å². The van der Waals surface area contributed by atoms with Crippen molar-refractivity contribution in [1.29, 1.82) is 0 Å². The Morgan fingerprint density at radius 3 is 2.28 bits per heavy atom. The average Bonchev–Trinajstić information content (AvgIpc) is 0.831. The molecule has 0 bridgehead atoms. The zero-order chi connectivity index (χ0) is 61.1. The van der Waals surface area contributed by atoms with Crippen LogP contribution >= 0.6 is 0 Å². The number of aromatic nitrogens is 1. The summed E-state index contributed by atoms with van der Waals surface area (Å²) in [5.41, 5.74) is 10.8. The van der Waals surface area contributed by atoms with Gasteiger partial charge in [-0.2, -0.15) is 13.2 Å². The number of ether oxygens (including phenoxy) is 4. The number of likely N-dealkylation sites (tertiary alicyclic amines) is 1. The molecule has 1 fully saturated rings. The first-order chi connectivity index (χ1) is 42.7. The summed E-state index contributed by atoms with van der Waals surface area (Å²) in [6, 6.07) is 20.3. The van der Waals surface area contributed by atoms with E-state index in [0.29, 0.717) is 57.7 Å². The highest BCUT2D eigenvalue weighted by Crippen LogP contribution is 2.49. The monoisotopic (exact) mass is 1210 g/mol. The number of benzene rings is 5. The van der Waals surface area contributed by atoms with Crippen molar-refractivity contribution in [2.24, 2.45) is 0 Å². The number of alkyl halides is 4. The maximum atomic E-state index is 14.9. The van der Waals surface area contributed by atoms with Gasteiger partial charge in [-0.05, 0) is 149 Å². The molecular weight excluding hydrogens is 1130 g/mol. The Bertz CT molecular complexity index is 3890. The number of rotatable bonds is 19. The first-order valence-electron chi connectivity index (χ1n) is 30.9. The molecule has 2 atom stereocenters. The van der Waals surface area contributed by atoms with Crippen LogP contribution in [0.15, 0.2) is 72.8 Å². The second-order valence-electron chi connectivity index (χ2n) is 23.7. The highest BCUT2D eigenvalue weighted by Gasteiger charge is 2.37. The smallest absolute Gasteiger partial charge is 0.406 e. The molecule has 2 amide bonds. The number of carboxylic acid groups (broad SMARTS) is 1. The van der Waals surface area contributed by atoms with E-state index in [1.807, 2.05) is 11.9 Å². The molecule has 20 heteroatoms. The van der Waals surface area contributed by atoms with Gasteiger partial charge in [-0.15, -0.1) is 0 Å². The number of carbonyl (C=O) groups excluding carboxylic acids is 2. The standard InChI is InChI=1S/C68H74F4N8O8/c1-77-30-22-56(54(69)40-77)76-55-16-7-17-58-51(55)39-46(80(58)41-68(70,71)72)13-8-23-73-57-21-19-45(38-59(57)85-2)66(82)75-25-32-87-34-33-86-31-24-74-65(81)44-18-20-47(67(83)84)50(37-44)60-52-35-42-11-3-5-26-78-28-9-14-48(61(42)78)63(52)88-64-49-15-10-29-79-27-6-4-12-43(62(49)79)36-53(60)64/h7,16-21,35-39,54,56,76H,3-6,9-12,14-15,22-34,40-41H2,1-2H3,(H3-,73,74,75,81,82,83,84)/p+1/t54-,56+/m0/s1. The molecular formula is C68H75F4N8O8+. The molecule has 6 aliphatic heterocycles. The Morgan fingerprint density at radius 2 is 1.51 bits per heavy atom. The van der Waals surface area contributed by atoms with E-state index in [9.17, 15) is 37.1 Å². The number of aryl methyl sites for hydroxylation is 2. The molecule has 462 valence electrons. The van der Waals surface area contributed by atoms with Gasteiger partial charge >= 0.3 is 12.1 Å². The SMILES string of the molecule is COc1cc(C(=O)NCCOCCOCCNC(=O)c2ccc(C(=O)O)c(C3=c4cc5c6c(c4Oc4c3cc3c7c4CCCN7CCCC3)CCC[N+]=6CCCC5)c2)ccc1NCC#Cc1cc2c(N[C@@H]3CCN(C)C[C@@H]3F)cccc2n1CC(F)(F)F. The summed E-state index contributed by atoms with van der Waals surface area (Å²) in [6.07, 6.45) is 4.88. The van der Waals surface area contributed by atoms with Crippen LogP contribution in [-0.2, 0) is 41.7 Å². The number of aromatic carboxylic acids is 1. The van der Waals surface area contributed by atoms with E-state index in [2.05, 4.69) is 54.7 Å². The third kappa shape index (κ3) is 12.8. The molecule has 5 aromatic carbocycles. The van der Waals surface area contributed by atoms with Crippen molar-refractivity contribution in [2.75, 3.05) is 115 Å². The third-order valence-corrected chi connectivity index (χ3v) is 17.8. The van der Waals surface area contributed by atoms with E-state index in [1.165, 1.54) is 40.4 Å². The molecule has 0 saturated carbocycles. The number of fused-ring (bicyclic) bond motifs is 5. The van der Waals surface area contributed by atoms with E-state index in [-0.39, 0.29) is 75.7 Å². The number of carbonyl (C=O) groups is 3. The van der Waals surface area contributed by atoms with Crippen LogP contribution in [0.3, 0.4) is 0 Å². The lowest BCUT2D eigenvalue weighted by Crippen LogP contribution is -2.46. The van der Waals surface area contributed by atoms with Gasteiger partial charge in [-0.3, -0.25) is 9.59 Å². The number of piperidine rings is 1. The van der Waals surface area contributed by atoms with Gasteiger partial charge in [0.05, 0.1) is 74.1 Å². The second-order valence-corrected chi connectivity index (χ2v) is 23.7. The molecule has 1 aromatic heterocycles. The number of carboxylic acids is 1. The molecule has 0 spiro atoms. The molecule has 6 aromatic rings. The van der Waals surface area contributed by atoms with Crippen LogP contribution in [0.25, 0.3) is 16.5 Å². The van der Waals surface area contributed by atoms with Crippen LogP contribution in [0.4, 0.5) is 34.6 Å². The van der Waals surface area contributed by atoms with Crippen molar-refractivity contribution >= 4 is 51.3 Å². The number of hydrogen-bond acceptors (Lipinski definition) is 11. The normalized spacial score (nSPS) is 17.9. The summed E-state index contributed by atoms with van der Waals surface area (Å²) in [5, 5.41) is 25.7. The lowest BCUT2D eigenvalue weighted by Gasteiger charge is -2.35. The predicted octanol–water partition coefficient (Wildman–Crippen LogP) is 8.24. The van der Waals surface area contributed by atoms with Gasteiger partial charge in [0.2, 0.25) is 5.36 Å². The predicted molar refractivity (Wildman–Crippen MR) is 330 cm³/mol. The van der Waals surface area contributed by atoms with Crippen LogP contribution in [0.2, 0.25) is 0 Å². The van der Waals surface area contributed by atoms with Crippen molar-refractivity contribution in [3.63, 3.8) is 0 Å². The van der Waals surface area contributed by atoms with E-state index in [0.717, 1.165) is 123 Å². The average molecular weight is 1210 g/mol. The number of anilines is 3. The molecule has 6 aliphatic rings. The van der Waals surface area contributed by atoms with Crippen LogP contribution in [-0.4, -0.2) is 150 Å². The molecule has 0 radical (unpaired) electrons. The zero-order valence-electron chi connectivity index (χ0n) is 49.9. The number of methoxy groups -OCH3 is 1. The van der Waals surface area contributed by atoms with Gasteiger partial charge in [0.15, 0.2) is 0 Å². The Labute approximate surface area is 508 Å². The van der Waals surface area contributed by atoms with Gasteiger partial charge in [0.25, 0.3) is 11.8 Å². The van der Waals surface area contributed by atoms with Crippen molar-refractivity contribution in [2.45, 2.75) is 95.6 Å². The van der Waals surface area contributed by atoms with Gasteiger partial charge in [-0.25, -0.2) is 13.8 Å². The summed E-state index contributed by atoms with van der Waals surface area (Å²) in [4.78, 5) is 44.8. The van der Waals surface area contributed by atoms with Crippen LogP contribution < -0.4 is 50.8 Å². The fourth-order valence-corrected chi connectivity index (χ4v) is 13.7. The van der Waals surface area contributed by atoms with E-state index in [1.54, 1.807) is 60.7 Å². The number of amides is 2. The number of hydrogen-bond donors (Lipinski definition) is 5. The van der Waals surface area contributed by atoms with Crippen LogP contribution in [0, 0.1) is 11.8 Å². The summed E-state index contributed by atoms with van der Waals surface area (Å²) < 4.78 is 84.5. The summed E-state index contributed by atoms with van der Waals surface area (Å²) >= 11 is 0. The van der Waals surface area contributed by atoms with E-state index in [4.69, 9.17) is 18.9 Å². The maximum Gasteiger partial charge on any atom is 0.406 e. The fourth-order valence-electron chi connectivity index (χ4n) is 13.7. The molecule has 12 rings (SSSR count). The first-order valence-corrected chi connectivity index (χ1v) is 30.9. The highest BCUT2D eigenvalue weighted by atomic mass is 19.4. The van der Waals surface area contributed by atoms with E-state index < -0.39 is 30.9 Å². The van der Waals surface area contributed by atoms with Crippen LogP contribution in [0.1, 0.15) is 115 Å². The molecule has 88 heavy (non-hydrogen) atoms. The lowest BCUT2D eigenvalue weighted by molar-refractivity contribution is -0.140. The number of nitrogens with zero attached hydrogens (tertiary/aromatic N) is 4. The summed E-state index contributed by atoms with van der Waals surface area (Å²) in [6.45, 7) is 5.07.